The van der Waals surface area contributed by atoms with Gasteiger partial charge in [0.2, 0.25) is 0 Å². The van der Waals surface area contributed by atoms with Crippen molar-refractivity contribution < 1.29 is 14.3 Å². The topological polar surface area (TPSA) is 42.1 Å². The fourth-order valence-electron chi connectivity index (χ4n) is 3.18. The molecule has 4 nitrogen and oxygen atoms in total. The van der Waals surface area contributed by atoms with Gasteiger partial charge in [0, 0.05) is 18.5 Å². The summed E-state index contributed by atoms with van der Waals surface area (Å²) in [6.07, 6.45) is 0.903. The average Bonchev–Trinajstić information content (AvgIpc) is 2.85. The van der Waals surface area contributed by atoms with Gasteiger partial charge in [-0.15, -0.1) is 0 Å². The summed E-state index contributed by atoms with van der Waals surface area (Å²) in [7, 11) is 2.12. The van der Waals surface area contributed by atoms with E-state index < -0.39 is 5.60 Å². The summed E-state index contributed by atoms with van der Waals surface area (Å²) in [6.45, 7) is 9.43. The van der Waals surface area contributed by atoms with Crippen LogP contribution < -0.4 is 0 Å². The number of hydrogen-bond donors (Lipinski definition) is 0. The first-order valence-electron chi connectivity index (χ1n) is 6.45. The van der Waals surface area contributed by atoms with Crippen LogP contribution in [0.2, 0.25) is 0 Å². The van der Waals surface area contributed by atoms with Crippen molar-refractivity contribution in [3.63, 3.8) is 0 Å². The minimum atomic E-state index is -0.724. The zero-order valence-corrected chi connectivity index (χ0v) is 11.4. The van der Waals surface area contributed by atoms with Crippen molar-refractivity contribution in [1.82, 2.24) is 4.90 Å². The fourth-order valence-corrected chi connectivity index (χ4v) is 3.18. The first kappa shape index (κ1) is 12.8. The lowest BCUT2D eigenvalue weighted by molar-refractivity contribution is -0.149. The van der Waals surface area contributed by atoms with E-state index in [0.29, 0.717) is 18.6 Å². The van der Waals surface area contributed by atoms with E-state index in [1.807, 2.05) is 13.8 Å². The van der Waals surface area contributed by atoms with Crippen LogP contribution in [0, 0.1) is 5.92 Å². The third-order valence-corrected chi connectivity index (χ3v) is 4.53. The molecule has 0 amide bonds. The third-order valence-electron chi connectivity index (χ3n) is 4.53. The summed E-state index contributed by atoms with van der Waals surface area (Å²) in [5, 5.41) is 0. The van der Waals surface area contributed by atoms with Crippen molar-refractivity contribution in [2.75, 3.05) is 20.2 Å². The Labute approximate surface area is 103 Å². The number of carbonyl (C=O) groups is 1. The molecule has 2 fully saturated rings. The van der Waals surface area contributed by atoms with Gasteiger partial charge in [-0.1, -0.05) is 6.92 Å². The lowest BCUT2D eigenvalue weighted by Gasteiger charge is -2.39. The van der Waals surface area contributed by atoms with Gasteiger partial charge < -0.3 is 14.4 Å². The highest BCUT2D eigenvalue weighted by Gasteiger charge is 2.75. The van der Waals surface area contributed by atoms with Crippen LogP contribution in [0.5, 0.6) is 0 Å². The summed E-state index contributed by atoms with van der Waals surface area (Å²) >= 11 is 0. The molecule has 0 aromatic heterocycles. The van der Waals surface area contributed by atoms with E-state index >= 15 is 0 Å². The number of nitrogens with zero attached hydrogens (tertiary/aromatic N) is 1. The van der Waals surface area contributed by atoms with Crippen LogP contribution in [-0.2, 0) is 14.3 Å². The van der Waals surface area contributed by atoms with E-state index in [2.05, 4.69) is 25.8 Å². The van der Waals surface area contributed by atoms with Crippen molar-refractivity contribution in [1.29, 1.82) is 0 Å². The Hall–Kier alpha value is -0.610. The molecule has 2 aliphatic rings. The van der Waals surface area contributed by atoms with E-state index in [1.54, 1.807) is 0 Å². The second-order valence-electron chi connectivity index (χ2n) is 5.64. The molecule has 2 saturated heterocycles. The van der Waals surface area contributed by atoms with Gasteiger partial charge in [0.05, 0.1) is 6.61 Å². The maximum absolute atomic E-state index is 12.0. The average molecular weight is 241 g/mol. The molecule has 2 aliphatic heterocycles. The van der Waals surface area contributed by atoms with E-state index in [0.717, 1.165) is 13.0 Å². The smallest absolute Gasteiger partial charge is 0.341 e. The Morgan fingerprint density at radius 2 is 2.18 bits per heavy atom. The van der Waals surface area contributed by atoms with Crippen molar-refractivity contribution in [2.24, 2.45) is 5.92 Å². The number of epoxide rings is 1. The summed E-state index contributed by atoms with van der Waals surface area (Å²) < 4.78 is 11.0. The zero-order chi connectivity index (χ0) is 12.8. The van der Waals surface area contributed by atoms with Gasteiger partial charge >= 0.3 is 5.97 Å². The second kappa shape index (κ2) is 3.95. The molecule has 4 heteroatoms. The molecule has 4 unspecified atom stereocenters. The number of piperidine rings is 1. The number of esters is 1. The monoisotopic (exact) mass is 241 g/mol. The molecule has 98 valence electrons. The van der Waals surface area contributed by atoms with E-state index in [1.165, 1.54) is 0 Å². The Morgan fingerprint density at radius 3 is 2.76 bits per heavy atom. The molecule has 4 atom stereocenters. The molecule has 1 spiro atoms. The van der Waals surface area contributed by atoms with Gasteiger partial charge in [0.1, 0.15) is 5.60 Å². The van der Waals surface area contributed by atoms with Crippen LogP contribution >= 0.6 is 0 Å². The zero-order valence-electron chi connectivity index (χ0n) is 11.4. The highest BCUT2D eigenvalue weighted by molar-refractivity contribution is 5.84. The Morgan fingerprint density at radius 1 is 1.53 bits per heavy atom. The highest BCUT2D eigenvalue weighted by Crippen LogP contribution is 2.58. The van der Waals surface area contributed by atoms with Gasteiger partial charge in [0.25, 0.3) is 0 Å². The Kier molecular flexibility index (Phi) is 2.99. The van der Waals surface area contributed by atoms with Crippen LogP contribution in [0.4, 0.5) is 0 Å². The van der Waals surface area contributed by atoms with Crippen LogP contribution in [0.1, 0.15) is 34.1 Å². The van der Waals surface area contributed by atoms with Crippen molar-refractivity contribution in [3.05, 3.63) is 0 Å². The predicted molar refractivity (Wildman–Crippen MR) is 64.7 cm³/mol. The minimum Gasteiger partial charge on any atom is -0.464 e. The Balaban J connectivity index is 2.15. The van der Waals surface area contributed by atoms with Crippen LogP contribution in [0.15, 0.2) is 0 Å². The van der Waals surface area contributed by atoms with Gasteiger partial charge in [-0.25, -0.2) is 4.79 Å². The van der Waals surface area contributed by atoms with Crippen LogP contribution in [0.3, 0.4) is 0 Å². The second-order valence-corrected chi connectivity index (χ2v) is 5.64. The lowest BCUT2D eigenvalue weighted by Crippen LogP contribution is -2.51. The van der Waals surface area contributed by atoms with Gasteiger partial charge in [-0.2, -0.15) is 0 Å². The van der Waals surface area contributed by atoms with Crippen LogP contribution in [0.25, 0.3) is 0 Å². The van der Waals surface area contributed by atoms with Gasteiger partial charge in [-0.05, 0) is 34.2 Å². The highest BCUT2D eigenvalue weighted by atomic mass is 16.7. The van der Waals surface area contributed by atoms with Gasteiger partial charge in [-0.3, -0.25) is 0 Å². The molecule has 2 heterocycles. The number of carbonyl (C=O) groups excluding carboxylic acids is 1. The molecule has 0 saturated carbocycles. The van der Waals surface area contributed by atoms with E-state index in [-0.39, 0.29) is 11.6 Å². The first-order chi connectivity index (χ1) is 7.87. The summed E-state index contributed by atoms with van der Waals surface area (Å²) in [5.74, 6) is 0.154. The molecule has 0 N–H and O–H groups in total. The predicted octanol–water partition coefficient (Wildman–Crippen LogP) is 1.44. The van der Waals surface area contributed by atoms with Crippen molar-refractivity contribution in [3.8, 4) is 0 Å². The molecule has 0 radical (unpaired) electrons. The standard InChI is InChI=1S/C13H23NO3/c1-6-16-11(15)12(4)13(17-12)7-10(3)14(5)8-9(13)2/h9-10H,6-8H2,1-5H3. The molecular weight excluding hydrogens is 218 g/mol. The summed E-state index contributed by atoms with van der Waals surface area (Å²) in [6, 6.07) is 0.447. The number of rotatable bonds is 2. The maximum Gasteiger partial charge on any atom is 0.341 e. The first-order valence-corrected chi connectivity index (χ1v) is 6.45. The SMILES string of the molecule is CCOC(=O)C1(C)OC12CC(C)N(C)CC2C. The molecule has 0 bridgehead atoms. The molecular formula is C13H23NO3. The van der Waals surface area contributed by atoms with E-state index in [9.17, 15) is 4.79 Å². The van der Waals surface area contributed by atoms with Crippen LogP contribution in [-0.4, -0.2) is 48.3 Å². The summed E-state index contributed by atoms with van der Waals surface area (Å²) in [5.41, 5.74) is -1.02. The number of hydrogen-bond acceptors (Lipinski definition) is 4. The molecule has 17 heavy (non-hydrogen) atoms. The number of ether oxygens (including phenoxy) is 2. The van der Waals surface area contributed by atoms with Gasteiger partial charge in [0.15, 0.2) is 5.60 Å². The quantitative estimate of drug-likeness (QED) is 0.542. The minimum absolute atomic E-state index is 0.205. The molecule has 0 aromatic rings. The number of likely N-dealkylation sites (tertiary alicyclic amines) is 1. The lowest BCUT2D eigenvalue weighted by atomic mass is 9.76. The molecule has 0 aromatic carbocycles. The fraction of sp³-hybridized carbons (Fsp3) is 0.923. The van der Waals surface area contributed by atoms with Crippen molar-refractivity contribution in [2.45, 2.75) is 51.4 Å². The van der Waals surface area contributed by atoms with Crippen molar-refractivity contribution >= 4 is 5.97 Å². The largest absolute Gasteiger partial charge is 0.464 e. The maximum atomic E-state index is 12.0. The molecule has 0 aliphatic carbocycles. The molecule has 2 rings (SSSR count). The Bertz CT molecular complexity index is 333. The summed E-state index contributed by atoms with van der Waals surface area (Å²) in [4.78, 5) is 14.3. The normalized spacial score (nSPS) is 45.9. The van der Waals surface area contributed by atoms with E-state index in [4.69, 9.17) is 9.47 Å². The third kappa shape index (κ3) is 1.69.